The average molecular weight is 285 g/mol. The van der Waals surface area contributed by atoms with Gasteiger partial charge in [0.1, 0.15) is 12.7 Å². The van der Waals surface area contributed by atoms with Gasteiger partial charge in [-0.15, -0.1) is 0 Å². The summed E-state index contributed by atoms with van der Waals surface area (Å²) in [6.45, 7) is 9.18. The van der Waals surface area contributed by atoms with Gasteiger partial charge in [-0.05, 0) is 13.3 Å². The van der Waals surface area contributed by atoms with Crippen LogP contribution in [0, 0.1) is 0 Å². The number of hydrogen-bond acceptors (Lipinski definition) is 5. The molecule has 6 nitrogen and oxygen atoms in total. The van der Waals surface area contributed by atoms with E-state index >= 15 is 0 Å². The molecule has 1 rings (SSSR count). The SMILES string of the molecule is C=C(C)C(=O)OCCN1CC(COCCCC)OC1=O. The highest BCUT2D eigenvalue weighted by atomic mass is 16.6. The fourth-order valence-corrected chi connectivity index (χ4v) is 1.68. The Labute approximate surface area is 119 Å². The first-order valence-corrected chi connectivity index (χ1v) is 6.90. The van der Waals surface area contributed by atoms with Crippen LogP contribution in [0.1, 0.15) is 26.7 Å². The molecular formula is C14H23NO5. The number of cyclic esters (lactones) is 1. The second kappa shape index (κ2) is 8.58. The molecule has 0 aromatic heterocycles. The largest absolute Gasteiger partial charge is 0.460 e. The summed E-state index contributed by atoms with van der Waals surface area (Å²) < 4.78 is 15.5. The molecule has 0 aromatic carbocycles. The Kier molecular flexibility index (Phi) is 7.08. The van der Waals surface area contributed by atoms with Crippen molar-refractivity contribution in [1.29, 1.82) is 0 Å². The van der Waals surface area contributed by atoms with E-state index in [4.69, 9.17) is 14.2 Å². The van der Waals surface area contributed by atoms with Gasteiger partial charge < -0.3 is 19.1 Å². The molecule has 0 aliphatic carbocycles. The van der Waals surface area contributed by atoms with E-state index in [1.165, 1.54) is 4.90 Å². The van der Waals surface area contributed by atoms with Gasteiger partial charge in [0.25, 0.3) is 0 Å². The van der Waals surface area contributed by atoms with Gasteiger partial charge in [0.15, 0.2) is 0 Å². The third-order valence-electron chi connectivity index (χ3n) is 2.84. The van der Waals surface area contributed by atoms with E-state index < -0.39 is 5.97 Å². The van der Waals surface area contributed by atoms with E-state index in [2.05, 4.69) is 13.5 Å². The van der Waals surface area contributed by atoms with Gasteiger partial charge >= 0.3 is 12.1 Å². The quantitative estimate of drug-likeness (QED) is 0.367. The molecular weight excluding hydrogens is 262 g/mol. The van der Waals surface area contributed by atoms with E-state index in [1.807, 2.05) is 0 Å². The van der Waals surface area contributed by atoms with Crippen molar-refractivity contribution < 1.29 is 23.8 Å². The van der Waals surface area contributed by atoms with Crippen LogP contribution in [0.15, 0.2) is 12.2 Å². The number of ether oxygens (including phenoxy) is 3. The van der Waals surface area contributed by atoms with Crippen molar-refractivity contribution >= 4 is 12.1 Å². The lowest BCUT2D eigenvalue weighted by Gasteiger charge is -2.13. The maximum atomic E-state index is 11.6. The first-order valence-electron chi connectivity index (χ1n) is 6.90. The van der Waals surface area contributed by atoms with Crippen LogP contribution in [-0.2, 0) is 19.0 Å². The molecule has 114 valence electrons. The summed E-state index contributed by atoms with van der Waals surface area (Å²) in [7, 11) is 0. The molecule has 1 aliphatic rings. The third-order valence-corrected chi connectivity index (χ3v) is 2.84. The van der Waals surface area contributed by atoms with Crippen LogP contribution in [0.2, 0.25) is 0 Å². The van der Waals surface area contributed by atoms with Crippen LogP contribution < -0.4 is 0 Å². The van der Waals surface area contributed by atoms with Gasteiger partial charge in [-0.3, -0.25) is 0 Å². The molecule has 20 heavy (non-hydrogen) atoms. The molecule has 0 spiro atoms. The Morgan fingerprint density at radius 2 is 2.25 bits per heavy atom. The van der Waals surface area contributed by atoms with Crippen molar-refractivity contribution in [2.24, 2.45) is 0 Å². The summed E-state index contributed by atoms with van der Waals surface area (Å²) in [5, 5.41) is 0. The summed E-state index contributed by atoms with van der Waals surface area (Å²) in [5.41, 5.74) is 0.344. The van der Waals surface area contributed by atoms with Crippen LogP contribution in [0.3, 0.4) is 0 Å². The maximum Gasteiger partial charge on any atom is 0.410 e. The number of carbonyl (C=O) groups excluding carboxylic acids is 2. The summed E-state index contributed by atoms with van der Waals surface area (Å²) >= 11 is 0. The number of esters is 1. The first-order chi connectivity index (χ1) is 9.54. The third kappa shape index (κ3) is 5.61. The van der Waals surface area contributed by atoms with Crippen molar-refractivity contribution in [2.75, 3.05) is 32.9 Å². The van der Waals surface area contributed by atoms with Crippen molar-refractivity contribution in [3.05, 3.63) is 12.2 Å². The van der Waals surface area contributed by atoms with Gasteiger partial charge in [-0.2, -0.15) is 0 Å². The summed E-state index contributed by atoms with van der Waals surface area (Å²) in [5.74, 6) is -0.447. The molecule has 6 heteroatoms. The number of unbranched alkanes of at least 4 members (excludes halogenated alkanes) is 1. The fourth-order valence-electron chi connectivity index (χ4n) is 1.68. The van der Waals surface area contributed by atoms with Crippen molar-refractivity contribution in [1.82, 2.24) is 4.90 Å². The Bertz CT molecular complexity index is 355. The molecule has 0 N–H and O–H groups in total. The van der Waals surface area contributed by atoms with Gasteiger partial charge in [-0.1, -0.05) is 19.9 Å². The molecule has 1 atom stereocenters. The maximum absolute atomic E-state index is 11.6. The molecule has 0 aromatic rings. The van der Waals surface area contributed by atoms with Gasteiger partial charge in [-0.25, -0.2) is 9.59 Å². The Morgan fingerprint density at radius 3 is 2.90 bits per heavy atom. The smallest absolute Gasteiger partial charge is 0.410 e. The van der Waals surface area contributed by atoms with E-state index in [0.29, 0.717) is 31.9 Å². The Balaban J connectivity index is 2.19. The lowest BCUT2D eigenvalue weighted by molar-refractivity contribution is -0.139. The van der Waals surface area contributed by atoms with E-state index in [1.54, 1.807) is 6.92 Å². The normalized spacial score (nSPS) is 18.0. The van der Waals surface area contributed by atoms with Crippen molar-refractivity contribution in [2.45, 2.75) is 32.8 Å². The molecule has 1 heterocycles. The van der Waals surface area contributed by atoms with E-state index in [9.17, 15) is 9.59 Å². The van der Waals surface area contributed by atoms with Crippen molar-refractivity contribution in [3.63, 3.8) is 0 Å². The summed E-state index contributed by atoms with van der Waals surface area (Å²) in [6, 6.07) is 0. The molecule has 1 unspecified atom stereocenters. The number of hydrogen-bond donors (Lipinski definition) is 0. The Hall–Kier alpha value is -1.56. The zero-order valence-corrected chi connectivity index (χ0v) is 12.2. The molecule has 0 bridgehead atoms. The predicted molar refractivity (Wildman–Crippen MR) is 73.3 cm³/mol. The zero-order chi connectivity index (χ0) is 15.0. The van der Waals surface area contributed by atoms with Crippen LogP contribution >= 0.6 is 0 Å². The number of rotatable bonds is 9. The molecule has 0 radical (unpaired) electrons. The van der Waals surface area contributed by atoms with Gasteiger partial charge in [0.2, 0.25) is 0 Å². The monoisotopic (exact) mass is 285 g/mol. The van der Waals surface area contributed by atoms with Gasteiger partial charge in [0.05, 0.1) is 19.7 Å². The minimum atomic E-state index is -0.447. The second-order valence-electron chi connectivity index (χ2n) is 4.80. The molecule has 0 saturated carbocycles. The molecule has 1 amide bonds. The lowest BCUT2D eigenvalue weighted by Crippen LogP contribution is -2.30. The lowest BCUT2D eigenvalue weighted by atomic mass is 10.3. The molecule has 1 aliphatic heterocycles. The number of nitrogens with zero attached hydrogens (tertiary/aromatic N) is 1. The predicted octanol–water partition coefficient (Wildman–Crippen LogP) is 1.74. The second-order valence-corrected chi connectivity index (χ2v) is 4.80. The van der Waals surface area contributed by atoms with Crippen LogP contribution in [0.25, 0.3) is 0 Å². The fraction of sp³-hybridized carbons (Fsp3) is 0.714. The topological polar surface area (TPSA) is 65.1 Å². The highest BCUT2D eigenvalue weighted by Gasteiger charge is 2.31. The summed E-state index contributed by atoms with van der Waals surface area (Å²) in [4.78, 5) is 24.3. The van der Waals surface area contributed by atoms with Gasteiger partial charge in [0, 0.05) is 12.2 Å². The highest BCUT2D eigenvalue weighted by Crippen LogP contribution is 2.11. The minimum Gasteiger partial charge on any atom is -0.460 e. The average Bonchev–Trinajstić information content (AvgIpc) is 2.75. The number of carbonyl (C=O) groups is 2. The molecule has 1 saturated heterocycles. The summed E-state index contributed by atoms with van der Waals surface area (Å²) in [6.07, 6.45) is 1.45. The van der Waals surface area contributed by atoms with Crippen LogP contribution in [0.5, 0.6) is 0 Å². The molecule has 1 fully saturated rings. The number of amides is 1. The van der Waals surface area contributed by atoms with Crippen LogP contribution in [0.4, 0.5) is 4.79 Å². The zero-order valence-electron chi connectivity index (χ0n) is 12.2. The Morgan fingerprint density at radius 1 is 1.50 bits per heavy atom. The van der Waals surface area contributed by atoms with E-state index in [0.717, 1.165) is 12.8 Å². The first kappa shape index (κ1) is 16.5. The van der Waals surface area contributed by atoms with Crippen molar-refractivity contribution in [3.8, 4) is 0 Å². The highest BCUT2D eigenvalue weighted by molar-refractivity contribution is 5.86. The van der Waals surface area contributed by atoms with E-state index in [-0.39, 0.29) is 18.8 Å². The standard InChI is InChI=1S/C14H23NO5/c1-4-5-7-18-10-12-9-15(14(17)20-12)6-8-19-13(16)11(2)3/h12H,2,4-10H2,1,3H3. The minimum absolute atomic E-state index is 0.143. The van der Waals surface area contributed by atoms with Crippen LogP contribution in [-0.4, -0.2) is 56.0 Å².